The highest BCUT2D eigenvalue weighted by Gasteiger charge is 2.22. The van der Waals surface area contributed by atoms with Crippen molar-refractivity contribution in [3.63, 3.8) is 0 Å². The number of hydrogen-bond donors (Lipinski definition) is 2. The molecule has 1 aliphatic carbocycles. The molecule has 0 bridgehead atoms. The lowest BCUT2D eigenvalue weighted by atomic mass is 9.88. The Balaban J connectivity index is 1.34. The maximum absolute atomic E-state index is 12.6. The van der Waals surface area contributed by atoms with E-state index in [1.165, 1.54) is 17.2 Å². The second-order valence-electron chi connectivity index (χ2n) is 8.24. The molecule has 0 saturated carbocycles. The summed E-state index contributed by atoms with van der Waals surface area (Å²) in [5, 5.41) is 3.06. The summed E-state index contributed by atoms with van der Waals surface area (Å²) in [4.78, 5) is 12.7. The average molecular weight is 465 g/mol. The number of hydrogen-bond acceptors (Lipinski definition) is 4. The molecule has 4 rings (SSSR count). The van der Waals surface area contributed by atoms with Crippen LogP contribution in [0.15, 0.2) is 77.7 Å². The second kappa shape index (κ2) is 10.2. The number of ether oxygens (including phenoxy) is 1. The van der Waals surface area contributed by atoms with Gasteiger partial charge < -0.3 is 10.1 Å². The van der Waals surface area contributed by atoms with Crippen molar-refractivity contribution in [2.24, 2.45) is 0 Å². The molecule has 172 valence electrons. The monoisotopic (exact) mass is 464 g/mol. The van der Waals surface area contributed by atoms with Crippen molar-refractivity contribution in [3.8, 4) is 5.75 Å². The molecule has 2 N–H and O–H groups in total. The van der Waals surface area contributed by atoms with E-state index in [1.807, 2.05) is 42.5 Å². The summed E-state index contributed by atoms with van der Waals surface area (Å²) in [6.45, 7) is 1.85. The van der Waals surface area contributed by atoms with Gasteiger partial charge in [-0.2, -0.15) is 0 Å². The third kappa shape index (κ3) is 5.80. The molecule has 0 aromatic heterocycles. The topological polar surface area (TPSA) is 84.5 Å². The molecule has 0 radical (unpaired) electrons. The fourth-order valence-electron chi connectivity index (χ4n) is 4.09. The van der Waals surface area contributed by atoms with Crippen LogP contribution in [0.1, 0.15) is 41.1 Å². The van der Waals surface area contributed by atoms with Gasteiger partial charge in [0.2, 0.25) is 10.0 Å². The van der Waals surface area contributed by atoms with Crippen molar-refractivity contribution in [2.75, 3.05) is 6.61 Å². The van der Waals surface area contributed by atoms with Crippen LogP contribution in [0.3, 0.4) is 0 Å². The van der Waals surface area contributed by atoms with Gasteiger partial charge >= 0.3 is 0 Å². The molecule has 1 atom stereocenters. The van der Waals surface area contributed by atoms with Crippen LogP contribution in [-0.2, 0) is 27.8 Å². The highest BCUT2D eigenvalue weighted by molar-refractivity contribution is 7.89. The van der Waals surface area contributed by atoms with E-state index in [4.69, 9.17) is 4.74 Å². The van der Waals surface area contributed by atoms with Crippen LogP contribution in [0.5, 0.6) is 5.75 Å². The van der Waals surface area contributed by atoms with E-state index in [-0.39, 0.29) is 30.0 Å². The van der Waals surface area contributed by atoms with E-state index < -0.39 is 10.0 Å². The van der Waals surface area contributed by atoms with Crippen molar-refractivity contribution in [2.45, 2.75) is 43.7 Å². The summed E-state index contributed by atoms with van der Waals surface area (Å²) in [6, 6.07) is 22.2. The lowest BCUT2D eigenvalue weighted by molar-refractivity contribution is -0.124. The molecule has 3 aromatic carbocycles. The van der Waals surface area contributed by atoms with Crippen molar-refractivity contribution in [1.82, 2.24) is 10.0 Å². The standard InChI is InChI=1S/C26H28N2O4S/c1-19-16-22(33(30,31)27-17-20-8-3-2-4-9-20)14-15-25(19)32-18-26(29)28-24-13-7-11-21-10-5-6-12-23(21)24/h2-6,8-10,12,14-16,24,27H,7,11,13,17-18H2,1H3,(H,28,29)/t24-/m0/s1. The Hall–Kier alpha value is -3.16. The number of carbonyl (C=O) groups excluding carboxylic acids is 1. The number of carbonyl (C=O) groups is 1. The number of sulfonamides is 1. The van der Waals surface area contributed by atoms with Crippen LogP contribution in [0.4, 0.5) is 0 Å². The van der Waals surface area contributed by atoms with Gasteiger partial charge in [-0.15, -0.1) is 0 Å². The molecule has 0 spiro atoms. The van der Waals surface area contributed by atoms with Crippen molar-refractivity contribution >= 4 is 15.9 Å². The molecule has 1 amide bonds. The van der Waals surface area contributed by atoms with E-state index in [0.717, 1.165) is 24.8 Å². The third-order valence-corrected chi connectivity index (χ3v) is 7.23. The largest absolute Gasteiger partial charge is 0.484 e. The molecule has 0 fully saturated rings. The van der Waals surface area contributed by atoms with Gasteiger partial charge in [0.15, 0.2) is 6.61 Å². The molecular weight excluding hydrogens is 436 g/mol. The van der Waals surface area contributed by atoms with Crippen molar-refractivity contribution in [1.29, 1.82) is 0 Å². The minimum atomic E-state index is -3.66. The molecule has 6 nitrogen and oxygen atoms in total. The molecule has 3 aromatic rings. The van der Waals surface area contributed by atoms with Crippen molar-refractivity contribution in [3.05, 3.63) is 95.1 Å². The summed E-state index contributed by atoms with van der Waals surface area (Å²) in [5.74, 6) is 0.286. The maximum atomic E-state index is 12.6. The van der Waals surface area contributed by atoms with Crippen LogP contribution < -0.4 is 14.8 Å². The van der Waals surface area contributed by atoms with E-state index >= 15 is 0 Å². The van der Waals surface area contributed by atoms with E-state index in [9.17, 15) is 13.2 Å². The van der Waals surface area contributed by atoms with Crippen molar-refractivity contribution < 1.29 is 17.9 Å². The van der Waals surface area contributed by atoms with Gasteiger partial charge in [-0.3, -0.25) is 4.79 Å². The Morgan fingerprint density at radius 1 is 1.03 bits per heavy atom. The van der Waals surface area contributed by atoms with Gasteiger partial charge in [0.05, 0.1) is 10.9 Å². The highest BCUT2D eigenvalue weighted by atomic mass is 32.2. The first kappa shape index (κ1) is 23.0. The molecule has 0 heterocycles. The summed E-state index contributed by atoms with van der Waals surface area (Å²) in [7, 11) is -3.66. The lowest BCUT2D eigenvalue weighted by Gasteiger charge is -2.26. The number of aryl methyl sites for hydroxylation is 2. The fourth-order valence-corrected chi connectivity index (χ4v) is 5.19. The summed E-state index contributed by atoms with van der Waals surface area (Å²) >= 11 is 0. The Bertz CT molecular complexity index is 1230. The highest BCUT2D eigenvalue weighted by Crippen LogP contribution is 2.29. The zero-order valence-electron chi connectivity index (χ0n) is 18.6. The molecule has 0 saturated heterocycles. The number of fused-ring (bicyclic) bond motifs is 1. The first-order valence-electron chi connectivity index (χ1n) is 11.1. The van der Waals surface area contributed by atoms with Gasteiger partial charge in [0.25, 0.3) is 5.91 Å². The van der Waals surface area contributed by atoms with E-state index in [1.54, 1.807) is 19.1 Å². The lowest BCUT2D eigenvalue weighted by Crippen LogP contribution is -2.34. The third-order valence-electron chi connectivity index (χ3n) is 5.83. The normalized spacial score (nSPS) is 15.5. The SMILES string of the molecule is Cc1cc(S(=O)(=O)NCc2ccccc2)ccc1OCC(=O)N[C@H]1CCCc2ccccc21. The van der Waals surface area contributed by atoms with Gasteiger partial charge in [-0.25, -0.2) is 13.1 Å². The predicted molar refractivity (Wildman–Crippen MR) is 127 cm³/mol. The molecule has 7 heteroatoms. The molecule has 1 aliphatic rings. The summed E-state index contributed by atoms with van der Waals surface area (Å²) in [5.41, 5.74) is 3.98. The molecule has 0 aliphatic heterocycles. The Morgan fingerprint density at radius 2 is 1.79 bits per heavy atom. The Kier molecular flexibility index (Phi) is 7.11. The molecular formula is C26H28N2O4S. The predicted octanol–water partition coefficient (Wildman–Crippen LogP) is 4.05. The minimum Gasteiger partial charge on any atom is -0.484 e. The van der Waals surface area contributed by atoms with Crippen LogP contribution in [0.2, 0.25) is 0 Å². The summed E-state index contributed by atoms with van der Waals surface area (Å²) < 4.78 is 33.6. The van der Waals surface area contributed by atoms with Gasteiger partial charge in [-0.1, -0.05) is 54.6 Å². The van der Waals surface area contributed by atoms with Crippen LogP contribution in [0.25, 0.3) is 0 Å². The Labute approximate surface area is 195 Å². The zero-order chi connectivity index (χ0) is 23.3. The fraction of sp³-hybridized carbons (Fsp3) is 0.269. The number of benzene rings is 3. The number of nitrogens with one attached hydrogen (secondary N) is 2. The van der Waals surface area contributed by atoms with Crippen LogP contribution in [0, 0.1) is 6.92 Å². The molecule has 33 heavy (non-hydrogen) atoms. The molecule has 0 unspecified atom stereocenters. The van der Waals surface area contributed by atoms with Gasteiger partial charge in [0.1, 0.15) is 5.75 Å². The van der Waals surface area contributed by atoms with Gasteiger partial charge in [0, 0.05) is 6.54 Å². The van der Waals surface area contributed by atoms with E-state index in [2.05, 4.69) is 22.2 Å². The van der Waals surface area contributed by atoms with Gasteiger partial charge in [-0.05, 0) is 66.6 Å². The minimum absolute atomic E-state index is 0.00430. The average Bonchev–Trinajstić information content (AvgIpc) is 2.83. The first-order valence-corrected chi connectivity index (χ1v) is 12.5. The Morgan fingerprint density at radius 3 is 2.58 bits per heavy atom. The second-order valence-corrected chi connectivity index (χ2v) is 10.0. The maximum Gasteiger partial charge on any atom is 0.258 e. The van der Waals surface area contributed by atoms with E-state index in [0.29, 0.717) is 11.3 Å². The quantitative estimate of drug-likeness (QED) is 0.527. The van der Waals surface area contributed by atoms with Crippen LogP contribution >= 0.6 is 0 Å². The van der Waals surface area contributed by atoms with Crippen LogP contribution in [-0.4, -0.2) is 20.9 Å². The zero-order valence-corrected chi connectivity index (χ0v) is 19.4. The smallest absolute Gasteiger partial charge is 0.258 e. The number of rotatable bonds is 8. The first-order chi connectivity index (χ1) is 15.9. The number of amides is 1. The summed E-state index contributed by atoms with van der Waals surface area (Å²) in [6.07, 6.45) is 2.98.